The highest BCUT2D eigenvalue weighted by atomic mass is 16.5. The van der Waals surface area contributed by atoms with Crippen molar-refractivity contribution in [1.82, 2.24) is 0 Å². The molecule has 0 bridgehead atoms. The number of rotatable bonds is 7. The number of hydrogen-bond donors (Lipinski definition) is 1. The van der Waals surface area contributed by atoms with Crippen LogP contribution in [0.3, 0.4) is 0 Å². The number of aliphatic hydroxyl groups excluding tert-OH is 1. The second-order valence-corrected chi connectivity index (χ2v) is 3.80. The van der Waals surface area contributed by atoms with Crippen molar-refractivity contribution in [3.8, 4) is 12.8 Å². The zero-order chi connectivity index (χ0) is 16.5. The van der Waals surface area contributed by atoms with Gasteiger partial charge in [0.1, 0.15) is 0 Å². The summed E-state index contributed by atoms with van der Waals surface area (Å²) in [6.45, 7) is 9.57. The molecular formula is C18H36O2. The Balaban J connectivity index is -0.0000000990. The van der Waals surface area contributed by atoms with Crippen molar-refractivity contribution in [2.75, 3.05) is 20.3 Å². The van der Waals surface area contributed by atoms with E-state index in [4.69, 9.17) is 9.84 Å². The lowest BCUT2D eigenvalue weighted by molar-refractivity contribution is 0.234. The average molecular weight is 284 g/mol. The van der Waals surface area contributed by atoms with E-state index in [2.05, 4.69) is 46.6 Å². The van der Waals surface area contributed by atoms with E-state index in [9.17, 15) is 0 Å². The highest BCUT2D eigenvalue weighted by molar-refractivity contribution is 5.01. The fourth-order valence-electron chi connectivity index (χ4n) is 0.603. The Morgan fingerprint density at radius 3 is 1.65 bits per heavy atom. The highest BCUT2D eigenvalue weighted by Crippen LogP contribution is 1.81. The molecule has 0 aliphatic heterocycles. The van der Waals surface area contributed by atoms with Gasteiger partial charge in [-0.1, -0.05) is 71.3 Å². The first-order valence-corrected chi connectivity index (χ1v) is 7.49. The molecule has 0 spiro atoms. The minimum Gasteiger partial charge on any atom is -0.396 e. The third-order valence-electron chi connectivity index (χ3n) is 1.89. The number of aliphatic hydroxyl groups is 1. The van der Waals surface area contributed by atoms with Crippen molar-refractivity contribution in [2.45, 2.75) is 59.8 Å². The van der Waals surface area contributed by atoms with E-state index in [1.54, 1.807) is 7.11 Å². The van der Waals surface area contributed by atoms with E-state index in [0.29, 0.717) is 13.2 Å². The van der Waals surface area contributed by atoms with Gasteiger partial charge in [-0.2, -0.15) is 0 Å². The number of terminal acetylenes is 1. The number of hydrogen-bond acceptors (Lipinski definition) is 2. The normalized spacial score (nSPS) is 9.00. The molecule has 120 valence electrons. The molecular weight excluding hydrogens is 248 g/mol. The number of methoxy groups -OCH3 is 1. The summed E-state index contributed by atoms with van der Waals surface area (Å²) in [5, 5.41) is 8.07. The van der Waals surface area contributed by atoms with Gasteiger partial charge in [0.05, 0.1) is 6.61 Å². The smallest absolute Gasteiger partial charge is 0.0646 e. The monoisotopic (exact) mass is 284 g/mol. The molecule has 0 aromatic rings. The van der Waals surface area contributed by atoms with E-state index in [-0.39, 0.29) is 0 Å². The summed E-state index contributed by atoms with van der Waals surface area (Å²) in [5.41, 5.74) is 0. The first-order valence-electron chi connectivity index (χ1n) is 7.49. The van der Waals surface area contributed by atoms with Crippen LogP contribution in [-0.4, -0.2) is 25.4 Å². The Hall–Kier alpha value is -1.04. The van der Waals surface area contributed by atoms with Gasteiger partial charge in [0.2, 0.25) is 0 Å². The van der Waals surface area contributed by atoms with Crippen LogP contribution in [0.5, 0.6) is 0 Å². The fourth-order valence-corrected chi connectivity index (χ4v) is 0.603. The number of unbranched alkanes of at least 4 members (excludes halogenated alkanes) is 2. The largest absolute Gasteiger partial charge is 0.396 e. The third kappa shape index (κ3) is 68.2. The zero-order valence-electron chi connectivity index (χ0n) is 14.3. The van der Waals surface area contributed by atoms with Gasteiger partial charge in [-0.15, -0.1) is 12.8 Å². The standard InChI is InChI=1S/C8H14O.C4H10O.C4H10.C2H2/c1-3-4-5-6-7-8-9-2;1-2-3-4-5;1-3-4-2;1-2/h4-7H,3,8H2,1-2H3;5H,2-4H2,1H3;3-4H2,1-2H3;1-2H/b5-4-,7-6-;;;. The van der Waals surface area contributed by atoms with Crippen LogP contribution in [0.15, 0.2) is 24.3 Å². The summed E-state index contributed by atoms with van der Waals surface area (Å²) in [6, 6.07) is 0. The predicted octanol–water partition coefficient (Wildman–Crippen LogP) is 4.99. The maximum Gasteiger partial charge on any atom is 0.0646 e. The summed E-state index contributed by atoms with van der Waals surface area (Å²) < 4.78 is 4.80. The number of ether oxygens (including phenoxy) is 1. The molecule has 20 heavy (non-hydrogen) atoms. The second-order valence-electron chi connectivity index (χ2n) is 3.80. The molecule has 0 rings (SSSR count). The lowest BCUT2D eigenvalue weighted by Gasteiger charge is -1.83. The van der Waals surface area contributed by atoms with Crippen molar-refractivity contribution >= 4 is 0 Å². The van der Waals surface area contributed by atoms with Crippen LogP contribution in [0.1, 0.15) is 59.8 Å². The number of allylic oxidation sites excluding steroid dienone is 3. The summed E-state index contributed by atoms with van der Waals surface area (Å²) in [6.07, 6.45) is 21.9. The van der Waals surface area contributed by atoms with Gasteiger partial charge in [0, 0.05) is 13.7 Å². The summed E-state index contributed by atoms with van der Waals surface area (Å²) in [5.74, 6) is 0. The first kappa shape index (κ1) is 27.3. The summed E-state index contributed by atoms with van der Waals surface area (Å²) in [7, 11) is 1.69. The van der Waals surface area contributed by atoms with E-state index < -0.39 is 0 Å². The molecule has 0 atom stereocenters. The fraction of sp³-hybridized carbons (Fsp3) is 0.667. The Bertz CT molecular complexity index is 177. The molecule has 0 fully saturated rings. The molecule has 2 nitrogen and oxygen atoms in total. The minimum atomic E-state index is 0.344. The summed E-state index contributed by atoms with van der Waals surface area (Å²) >= 11 is 0. The van der Waals surface area contributed by atoms with Crippen molar-refractivity contribution in [1.29, 1.82) is 0 Å². The lowest BCUT2D eigenvalue weighted by atomic mass is 10.4. The van der Waals surface area contributed by atoms with Crippen molar-refractivity contribution in [3.05, 3.63) is 24.3 Å². The molecule has 1 N–H and O–H groups in total. The van der Waals surface area contributed by atoms with Gasteiger partial charge in [0.25, 0.3) is 0 Å². The maximum atomic E-state index is 8.07. The van der Waals surface area contributed by atoms with E-state index in [1.165, 1.54) is 12.8 Å². The minimum absolute atomic E-state index is 0.344. The lowest BCUT2D eigenvalue weighted by Crippen LogP contribution is -1.78. The van der Waals surface area contributed by atoms with Gasteiger partial charge in [-0.05, 0) is 12.8 Å². The molecule has 2 heteroatoms. The maximum absolute atomic E-state index is 8.07. The van der Waals surface area contributed by atoms with Gasteiger partial charge >= 0.3 is 0 Å². The topological polar surface area (TPSA) is 29.5 Å². The molecule has 0 saturated heterocycles. The Morgan fingerprint density at radius 1 is 0.900 bits per heavy atom. The van der Waals surface area contributed by atoms with E-state index in [0.717, 1.165) is 19.3 Å². The van der Waals surface area contributed by atoms with Crippen LogP contribution < -0.4 is 0 Å². The first-order chi connectivity index (χ1) is 9.74. The van der Waals surface area contributed by atoms with Crippen LogP contribution in [0.2, 0.25) is 0 Å². The van der Waals surface area contributed by atoms with Crippen LogP contribution in [0.25, 0.3) is 0 Å². The van der Waals surface area contributed by atoms with Gasteiger partial charge in [-0.25, -0.2) is 0 Å². The van der Waals surface area contributed by atoms with E-state index in [1.807, 2.05) is 18.2 Å². The molecule has 0 amide bonds. The van der Waals surface area contributed by atoms with Crippen LogP contribution in [0.4, 0.5) is 0 Å². The molecule has 0 aliphatic carbocycles. The third-order valence-corrected chi connectivity index (χ3v) is 1.89. The molecule has 0 aromatic heterocycles. The average Bonchev–Trinajstić information content (AvgIpc) is 2.51. The Labute approximate surface area is 127 Å². The molecule has 0 aliphatic rings. The van der Waals surface area contributed by atoms with E-state index >= 15 is 0 Å². The molecule has 0 unspecified atom stereocenters. The Morgan fingerprint density at radius 2 is 1.40 bits per heavy atom. The molecule has 0 heterocycles. The van der Waals surface area contributed by atoms with Crippen LogP contribution >= 0.6 is 0 Å². The zero-order valence-corrected chi connectivity index (χ0v) is 14.3. The second kappa shape index (κ2) is 43.0. The van der Waals surface area contributed by atoms with Gasteiger partial charge < -0.3 is 9.84 Å². The summed E-state index contributed by atoms with van der Waals surface area (Å²) in [4.78, 5) is 0. The molecule has 0 aromatic carbocycles. The molecule has 0 saturated carbocycles. The quantitative estimate of drug-likeness (QED) is 0.527. The predicted molar refractivity (Wildman–Crippen MR) is 92.9 cm³/mol. The Kier molecular flexibility index (Phi) is 58.8. The van der Waals surface area contributed by atoms with Crippen LogP contribution in [0, 0.1) is 12.8 Å². The van der Waals surface area contributed by atoms with Crippen molar-refractivity contribution in [3.63, 3.8) is 0 Å². The van der Waals surface area contributed by atoms with Crippen molar-refractivity contribution < 1.29 is 9.84 Å². The SMILES string of the molecule is C#C.CC/C=C\C=C/COC.CCCC.CCCCO. The van der Waals surface area contributed by atoms with Gasteiger partial charge in [0.15, 0.2) is 0 Å². The van der Waals surface area contributed by atoms with Gasteiger partial charge in [-0.3, -0.25) is 0 Å². The molecule has 0 radical (unpaired) electrons. The van der Waals surface area contributed by atoms with Crippen molar-refractivity contribution in [2.24, 2.45) is 0 Å². The van der Waals surface area contributed by atoms with Crippen LogP contribution in [-0.2, 0) is 4.74 Å². The highest BCUT2D eigenvalue weighted by Gasteiger charge is 1.69.